The Hall–Kier alpha value is -9.54. The van der Waals surface area contributed by atoms with Gasteiger partial charge in [0.25, 0.3) is 0 Å². The highest BCUT2D eigenvalue weighted by Gasteiger charge is 2.47. The maximum Gasteiger partial charge on any atom is 0.143 e. The first-order valence-electron chi connectivity index (χ1n) is 26.1. The van der Waals surface area contributed by atoms with Crippen molar-refractivity contribution in [2.45, 2.75) is 5.41 Å². The summed E-state index contributed by atoms with van der Waals surface area (Å²) in [5, 5.41) is 4.89. The predicted octanol–water partition coefficient (Wildman–Crippen LogP) is 20.5. The van der Waals surface area contributed by atoms with Gasteiger partial charge in [-0.25, -0.2) is 0 Å². The minimum atomic E-state index is -0.535. The zero-order valence-corrected chi connectivity index (χ0v) is 42.2. The van der Waals surface area contributed by atoms with E-state index >= 15 is 0 Å². The summed E-state index contributed by atoms with van der Waals surface area (Å²) < 4.78 is 9.14. The third kappa shape index (κ3) is 6.94. The number of benzene rings is 12. The first-order chi connectivity index (χ1) is 37.7. The number of fused-ring (bicyclic) bond motifs is 9. The van der Waals surface area contributed by atoms with E-state index < -0.39 is 5.41 Å². The summed E-state index contributed by atoms with van der Waals surface area (Å²) in [6.45, 7) is 0. The van der Waals surface area contributed by atoms with E-state index in [4.69, 9.17) is 4.42 Å². The first-order valence-corrected chi connectivity index (χ1v) is 26.9. The maximum absolute atomic E-state index is 6.50. The average Bonchev–Trinajstić information content (AvgIpc) is 4.22. The minimum Gasteiger partial charge on any atom is -0.455 e. The van der Waals surface area contributed by atoms with E-state index in [1.807, 2.05) is 23.5 Å². The smallest absolute Gasteiger partial charge is 0.143 e. The van der Waals surface area contributed by atoms with Crippen molar-refractivity contribution >= 4 is 70.5 Å². The number of hydrogen-bond donors (Lipinski definition) is 0. The van der Waals surface area contributed by atoms with Crippen LogP contribution in [0.1, 0.15) is 22.3 Å². The molecular formula is C73H47NOS. The number of para-hydroxylation sites is 2. The van der Waals surface area contributed by atoms with Crippen LogP contribution in [0.15, 0.2) is 290 Å². The van der Waals surface area contributed by atoms with Crippen LogP contribution in [0.3, 0.4) is 0 Å². The van der Waals surface area contributed by atoms with Crippen LogP contribution < -0.4 is 4.90 Å². The van der Waals surface area contributed by atoms with Gasteiger partial charge in [0.15, 0.2) is 0 Å². The number of nitrogens with zero attached hydrogens (tertiary/aromatic N) is 1. The summed E-state index contributed by atoms with van der Waals surface area (Å²) in [5.74, 6) is 0. The molecule has 356 valence electrons. The topological polar surface area (TPSA) is 16.4 Å². The summed E-state index contributed by atoms with van der Waals surface area (Å²) in [4.78, 5) is 2.46. The predicted molar refractivity (Wildman–Crippen MR) is 320 cm³/mol. The number of furan rings is 1. The lowest BCUT2D eigenvalue weighted by molar-refractivity contribution is 0.670. The second-order valence-electron chi connectivity index (χ2n) is 19.9. The van der Waals surface area contributed by atoms with Crippen LogP contribution in [0.2, 0.25) is 0 Å². The van der Waals surface area contributed by atoms with Crippen molar-refractivity contribution in [3.8, 4) is 55.6 Å². The zero-order chi connectivity index (χ0) is 50.2. The van der Waals surface area contributed by atoms with Crippen molar-refractivity contribution in [2.24, 2.45) is 0 Å². The SMILES string of the molecule is c1ccc(C2(c3ccccc3)c3ccccc3-c3c(N(c4ccc(-c5cccc(-c6cccc7c6oc6ccccc67)c5)cc4)c4ccc(-c5cccc(-c6cccc7c6sc6ccccc67)c5)cc4)cccc32)cc1. The fourth-order valence-corrected chi connectivity index (χ4v) is 13.6. The standard InChI is InChI=1S/C73H47NOS/c1-3-22-54(23-4-1)73(55-24-5-2-6-25-55)65-33-10-7-28-64(65)70-66(73)34-17-35-67(70)74(56-42-38-48(39-43-56)50-18-13-20-52(46-50)58-29-15-31-62-60-26-8-11-36-68(60)75-71(58)62)57-44-40-49(41-45-57)51-19-14-21-53(47-51)59-30-16-32-63-61-27-9-12-37-69(61)76-72(59)63/h1-47H. The molecule has 0 saturated carbocycles. The Morgan fingerprint density at radius 3 is 1.53 bits per heavy atom. The summed E-state index contributed by atoms with van der Waals surface area (Å²) in [7, 11) is 0. The van der Waals surface area contributed by atoms with Crippen LogP contribution in [0, 0.1) is 0 Å². The second-order valence-corrected chi connectivity index (χ2v) is 20.9. The molecule has 0 fully saturated rings. The average molecular weight is 986 g/mol. The highest BCUT2D eigenvalue weighted by atomic mass is 32.1. The van der Waals surface area contributed by atoms with Crippen LogP contribution in [0.25, 0.3) is 97.7 Å². The molecule has 1 aliphatic carbocycles. The lowest BCUT2D eigenvalue weighted by Crippen LogP contribution is -2.28. The van der Waals surface area contributed by atoms with Crippen molar-refractivity contribution in [1.82, 2.24) is 0 Å². The van der Waals surface area contributed by atoms with Gasteiger partial charge in [-0.15, -0.1) is 11.3 Å². The summed E-state index contributed by atoms with van der Waals surface area (Å²) in [6.07, 6.45) is 0. The Bertz CT molecular complexity index is 4270. The molecular weight excluding hydrogens is 939 g/mol. The molecule has 14 aromatic rings. The molecule has 3 heteroatoms. The number of rotatable bonds is 9. The fourth-order valence-electron chi connectivity index (χ4n) is 12.4. The first kappa shape index (κ1) is 44.0. The van der Waals surface area contributed by atoms with Crippen LogP contribution in [-0.4, -0.2) is 0 Å². The molecule has 15 rings (SSSR count). The van der Waals surface area contributed by atoms with Gasteiger partial charge in [-0.05, 0) is 121 Å². The van der Waals surface area contributed by atoms with Gasteiger partial charge >= 0.3 is 0 Å². The lowest BCUT2D eigenvalue weighted by atomic mass is 9.68. The Morgan fingerprint density at radius 1 is 0.329 bits per heavy atom. The van der Waals surface area contributed by atoms with E-state index in [1.54, 1.807) is 0 Å². The largest absolute Gasteiger partial charge is 0.455 e. The van der Waals surface area contributed by atoms with Gasteiger partial charge in [0.1, 0.15) is 11.2 Å². The maximum atomic E-state index is 6.50. The molecule has 0 saturated heterocycles. The van der Waals surface area contributed by atoms with Crippen LogP contribution in [-0.2, 0) is 5.41 Å². The molecule has 0 spiro atoms. The van der Waals surface area contributed by atoms with E-state index in [0.29, 0.717) is 0 Å². The van der Waals surface area contributed by atoms with Gasteiger partial charge in [-0.1, -0.05) is 231 Å². The minimum absolute atomic E-state index is 0.535. The van der Waals surface area contributed by atoms with Crippen LogP contribution in [0.4, 0.5) is 17.1 Å². The van der Waals surface area contributed by atoms with E-state index in [9.17, 15) is 0 Å². The molecule has 1 aliphatic rings. The molecule has 2 heterocycles. The molecule has 2 nitrogen and oxygen atoms in total. The Morgan fingerprint density at radius 2 is 0.829 bits per heavy atom. The van der Waals surface area contributed by atoms with Gasteiger partial charge in [0.2, 0.25) is 0 Å². The van der Waals surface area contributed by atoms with E-state index in [2.05, 4.69) is 278 Å². The molecule has 12 aromatic carbocycles. The third-order valence-electron chi connectivity index (χ3n) is 15.8. The van der Waals surface area contributed by atoms with Crippen molar-refractivity contribution in [2.75, 3.05) is 4.90 Å². The number of anilines is 3. The molecule has 0 bridgehead atoms. The van der Waals surface area contributed by atoms with Crippen LogP contribution in [0.5, 0.6) is 0 Å². The van der Waals surface area contributed by atoms with Gasteiger partial charge in [0.05, 0.1) is 11.1 Å². The molecule has 2 aromatic heterocycles. The van der Waals surface area contributed by atoms with Crippen molar-refractivity contribution < 1.29 is 4.42 Å². The third-order valence-corrected chi connectivity index (χ3v) is 17.0. The van der Waals surface area contributed by atoms with Gasteiger partial charge in [-0.2, -0.15) is 0 Å². The summed E-state index contributed by atoms with van der Waals surface area (Å²) in [5.41, 5.74) is 21.4. The Balaban J connectivity index is 0.869. The number of thiophene rings is 1. The molecule has 0 aliphatic heterocycles. The summed E-state index contributed by atoms with van der Waals surface area (Å²) in [6, 6.07) is 104. The molecule has 0 unspecified atom stereocenters. The highest BCUT2D eigenvalue weighted by molar-refractivity contribution is 7.26. The van der Waals surface area contributed by atoms with Gasteiger partial charge in [-0.3, -0.25) is 0 Å². The lowest BCUT2D eigenvalue weighted by Gasteiger charge is -2.34. The van der Waals surface area contributed by atoms with E-state index in [1.165, 1.54) is 75.8 Å². The van der Waals surface area contributed by atoms with Crippen molar-refractivity contribution in [3.05, 3.63) is 307 Å². The van der Waals surface area contributed by atoms with Crippen molar-refractivity contribution in [3.63, 3.8) is 0 Å². The number of hydrogen-bond acceptors (Lipinski definition) is 3. The second kappa shape index (κ2) is 17.8. The van der Waals surface area contributed by atoms with E-state index in [-0.39, 0.29) is 0 Å². The highest BCUT2D eigenvalue weighted by Crippen LogP contribution is 2.59. The van der Waals surface area contributed by atoms with E-state index in [0.717, 1.165) is 61.3 Å². The monoisotopic (exact) mass is 985 g/mol. The normalized spacial score (nSPS) is 12.6. The Kier molecular flexibility index (Phi) is 10.3. The molecule has 0 atom stereocenters. The molecule has 0 radical (unpaired) electrons. The summed E-state index contributed by atoms with van der Waals surface area (Å²) >= 11 is 1.88. The van der Waals surface area contributed by atoms with Gasteiger partial charge in [0, 0.05) is 53.4 Å². The molecule has 0 amide bonds. The zero-order valence-electron chi connectivity index (χ0n) is 41.4. The van der Waals surface area contributed by atoms with Crippen molar-refractivity contribution in [1.29, 1.82) is 0 Å². The fraction of sp³-hybridized carbons (Fsp3) is 0.0137. The Labute approximate surface area is 445 Å². The van der Waals surface area contributed by atoms with Crippen LogP contribution >= 0.6 is 11.3 Å². The molecule has 76 heavy (non-hydrogen) atoms. The quantitative estimate of drug-likeness (QED) is 0.143. The van der Waals surface area contributed by atoms with Gasteiger partial charge < -0.3 is 9.32 Å². The molecule has 0 N–H and O–H groups in total.